The smallest absolute Gasteiger partial charge is 0.194 e. The van der Waals surface area contributed by atoms with Gasteiger partial charge in [0.05, 0.1) is 25.1 Å². The molecule has 0 fully saturated rings. The van der Waals surface area contributed by atoms with Crippen molar-refractivity contribution < 1.29 is 4.39 Å². The molecule has 0 radical (unpaired) electrons. The van der Waals surface area contributed by atoms with E-state index < -0.39 is 0 Å². The molecule has 1 aromatic carbocycles. The molecule has 0 aliphatic carbocycles. The Bertz CT molecular complexity index is 903. The monoisotopic (exact) mass is 496 g/mol. The molecule has 0 spiro atoms. The van der Waals surface area contributed by atoms with E-state index in [9.17, 15) is 4.39 Å². The molecule has 0 aliphatic rings. The molecule has 0 saturated carbocycles. The molecule has 6 nitrogen and oxygen atoms in total. The fraction of sp³-hybridized carbons (Fsp3) is 0.300. The number of halogens is 2. The fourth-order valence-corrected chi connectivity index (χ4v) is 2.87. The van der Waals surface area contributed by atoms with Crippen LogP contribution in [0.15, 0.2) is 60.2 Å². The molecule has 8 heteroatoms. The van der Waals surface area contributed by atoms with Crippen LogP contribution in [0.4, 0.5) is 4.39 Å². The van der Waals surface area contributed by atoms with E-state index in [1.54, 1.807) is 29.4 Å². The van der Waals surface area contributed by atoms with Crippen LogP contribution in [0.2, 0.25) is 0 Å². The zero-order chi connectivity index (χ0) is 19.2. The van der Waals surface area contributed by atoms with Gasteiger partial charge < -0.3 is 19.4 Å². The van der Waals surface area contributed by atoms with Crippen molar-refractivity contribution in [3.63, 3.8) is 0 Å². The average Bonchev–Trinajstić information content (AvgIpc) is 3.31. The Morgan fingerprint density at radius 1 is 1.29 bits per heavy atom. The van der Waals surface area contributed by atoms with Crippen LogP contribution >= 0.6 is 24.0 Å². The van der Waals surface area contributed by atoms with Gasteiger partial charge >= 0.3 is 0 Å². The third-order valence-electron chi connectivity index (χ3n) is 4.35. The number of hydrogen-bond donors (Lipinski definition) is 1. The predicted molar refractivity (Wildman–Crippen MR) is 121 cm³/mol. The minimum atomic E-state index is -0.289. The highest BCUT2D eigenvalue weighted by molar-refractivity contribution is 14.0. The molecule has 0 aliphatic heterocycles. The Balaban J connectivity index is 0.00000280. The summed E-state index contributed by atoms with van der Waals surface area (Å²) >= 11 is 0. The Labute approximate surface area is 182 Å². The van der Waals surface area contributed by atoms with E-state index in [4.69, 9.17) is 0 Å². The summed E-state index contributed by atoms with van der Waals surface area (Å²) in [6, 6.07) is 9.28. The highest BCUT2D eigenvalue weighted by Gasteiger charge is 2.09. The molecule has 0 saturated heterocycles. The fourth-order valence-electron chi connectivity index (χ4n) is 2.87. The lowest BCUT2D eigenvalue weighted by molar-refractivity contribution is 0.462. The number of imidazole rings is 1. The van der Waals surface area contributed by atoms with Crippen molar-refractivity contribution in [3.05, 3.63) is 72.3 Å². The average molecular weight is 496 g/mol. The van der Waals surface area contributed by atoms with Gasteiger partial charge in [-0.2, -0.15) is 0 Å². The summed E-state index contributed by atoms with van der Waals surface area (Å²) in [6.45, 7) is 3.94. The summed E-state index contributed by atoms with van der Waals surface area (Å²) in [5.74, 6) is 0.501. The first-order valence-corrected chi connectivity index (χ1v) is 8.95. The second-order valence-corrected chi connectivity index (χ2v) is 6.39. The number of guanidine groups is 1. The normalized spacial score (nSPS) is 11.2. The van der Waals surface area contributed by atoms with Gasteiger partial charge in [-0.25, -0.2) is 14.4 Å². The molecule has 2 heterocycles. The molecule has 150 valence electrons. The number of aromatic nitrogens is 3. The van der Waals surface area contributed by atoms with E-state index in [1.807, 2.05) is 39.3 Å². The number of nitrogens with one attached hydrogen (secondary N) is 1. The van der Waals surface area contributed by atoms with E-state index >= 15 is 0 Å². The zero-order valence-corrected chi connectivity index (χ0v) is 18.7. The number of nitrogens with zero attached hydrogens (tertiary/aromatic N) is 5. The van der Waals surface area contributed by atoms with Gasteiger partial charge in [0.1, 0.15) is 5.82 Å². The highest BCUT2D eigenvalue weighted by atomic mass is 127. The molecular weight excluding hydrogens is 470 g/mol. The van der Waals surface area contributed by atoms with Gasteiger partial charge in [0.25, 0.3) is 0 Å². The standard InChI is InChI=1S/C20H25FN6.HI/c1-4-23-20(26(3)14-17-6-5-10-25(17)2)24-13-16-7-8-19(18(21)12-16)27-11-9-22-15-27;/h5-12,15H,4,13-14H2,1-3H3,(H,23,24);1H. The second kappa shape index (κ2) is 10.3. The Hall–Kier alpha value is -2.36. The summed E-state index contributed by atoms with van der Waals surface area (Å²) in [7, 11) is 4.02. The van der Waals surface area contributed by atoms with Gasteiger partial charge in [0.2, 0.25) is 0 Å². The van der Waals surface area contributed by atoms with Crippen molar-refractivity contribution in [2.24, 2.45) is 12.0 Å². The molecular formula is C20H26FIN6. The van der Waals surface area contributed by atoms with Crippen LogP contribution < -0.4 is 5.32 Å². The van der Waals surface area contributed by atoms with Crippen LogP contribution in [0.1, 0.15) is 18.2 Å². The van der Waals surface area contributed by atoms with Gasteiger partial charge in [-0.3, -0.25) is 0 Å². The minimum Gasteiger partial charge on any atom is -0.357 e. The zero-order valence-electron chi connectivity index (χ0n) is 16.3. The largest absolute Gasteiger partial charge is 0.357 e. The SMILES string of the molecule is CCNC(=NCc1ccc(-n2ccnc2)c(F)c1)N(C)Cc1cccn1C.I. The molecule has 3 aromatic rings. The van der Waals surface area contributed by atoms with Crippen molar-refractivity contribution >= 4 is 29.9 Å². The summed E-state index contributed by atoms with van der Waals surface area (Å²) in [5, 5.41) is 3.29. The number of rotatable bonds is 6. The number of benzene rings is 1. The van der Waals surface area contributed by atoms with Crippen molar-refractivity contribution in [2.75, 3.05) is 13.6 Å². The minimum absolute atomic E-state index is 0. The summed E-state index contributed by atoms with van der Waals surface area (Å²) in [6.07, 6.45) is 6.96. The Kier molecular flexibility index (Phi) is 8.04. The third-order valence-corrected chi connectivity index (χ3v) is 4.35. The van der Waals surface area contributed by atoms with E-state index in [2.05, 4.69) is 30.8 Å². The lowest BCUT2D eigenvalue weighted by Gasteiger charge is -2.22. The first-order chi connectivity index (χ1) is 13.1. The van der Waals surface area contributed by atoms with Crippen molar-refractivity contribution in [3.8, 4) is 5.69 Å². The molecule has 0 bridgehead atoms. The van der Waals surface area contributed by atoms with Crippen LogP contribution in [0.3, 0.4) is 0 Å². The van der Waals surface area contributed by atoms with E-state index in [0.29, 0.717) is 12.2 Å². The maximum absolute atomic E-state index is 14.4. The molecule has 0 atom stereocenters. The Morgan fingerprint density at radius 3 is 2.71 bits per heavy atom. The summed E-state index contributed by atoms with van der Waals surface area (Å²) < 4.78 is 18.2. The van der Waals surface area contributed by atoms with Crippen molar-refractivity contribution in [1.82, 2.24) is 24.3 Å². The molecule has 28 heavy (non-hydrogen) atoms. The molecule has 3 rings (SSSR count). The topological polar surface area (TPSA) is 50.4 Å². The van der Waals surface area contributed by atoms with Crippen LogP contribution in [0.5, 0.6) is 0 Å². The maximum Gasteiger partial charge on any atom is 0.194 e. The molecule has 0 amide bonds. The lowest BCUT2D eigenvalue weighted by Crippen LogP contribution is -2.38. The maximum atomic E-state index is 14.4. The number of hydrogen-bond acceptors (Lipinski definition) is 2. The third kappa shape index (κ3) is 5.34. The molecule has 2 aromatic heterocycles. The Morgan fingerprint density at radius 2 is 2.11 bits per heavy atom. The molecule has 1 N–H and O–H groups in total. The van der Waals surface area contributed by atoms with Crippen molar-refractivity contribution in [1.29, 1.82) is 0 Å². The van der Waals surface area contributed by atoms with Gasteiger partial charge in [-0.05, 0) is 36.8 Å². The van der Waals surface area contributed by atoms with Gasteiger partial charge in [-0.15, -0.1) is 24.0 Å². The summed E-state index contributed by atoms with van der Waals surface area (Å²) in [4.78, 5) is 10.7. The first kappa shape index (κ1) is 21.9. The van der Waals surface area contributed by atoms with Crippen LogP contribution in [0.25, 0.3) is 5.69 Å². The van der Waals surface area contributed by atoms with Gasteiger partial charge in [-0.1, -0.05) is 6.07 Å². The first-order valence-electron chi connectivity index (χ1n) is 8.95. The van der Waals surface area contributed by atoms with Crippen molar-refractivity contribution in [2.45, 2.75) is 20.0 Å². The van der Waals surface area contributed by atoms with Gasteiger partial charge in [0, 0.05) is 44.9 Å². The second-order valence-electron chi connectivity index (χ2n) is 6.39. The lowest BCUT2D eigenvalue weighted by atomic mass is 10.2. The van der Waals surface area contributed by atoms with Crippen LogP contribution in [-0.2, 0) is 20.1 Å². The molecule has 0 unspecified atom stereocenters. The van der Waals surface area contributed by atoms with E-state index in [1.165, 1.54) is 11.8 Å². The van der Waals surface area contributed by atoms with Gasteiger partial charge in [0.15, 0.2) is 5.96 Å². The number of aliphatic imine (C=N–C) groups is 1. The van der Waals surface area contributed by atoms with E-state index in [0.717, 1.165) is 24.6 Å². The quantitative estimate of drug-likeness (QED) is 0.323. The van der Waals surface area contributed by atoms with Crippen LogP contribution in [0, 0.1) is 5.82 Å². The number of aryl methyl sites for hydroxylation is 1. The summed E-state index contributed by atoms with van der Waals surface area (Å²) in [5.41, 5.74) is 2.49. The highest BCUT2D eigenvalue weighted by Crippen LogP contribution is 2.15. The van der Waals surface area contributed by atoms with E-state index in [-0.39, 0.29) is 29.8 Å². The van der Waals surface area contributed by atoms with Crippen LogP contribution in [-0.4, -0.2) is 38.6 Å². The predicted octanol–water partition coefficient (Wildman–Crippen LogP) is 3.57.